The largest absolute Gasteiger partial charge is 0.337 e. The number of rotatable bonds is 8. The molecule has 0 spiro atoms. The van der Waals surface area contributed by atoms with Gasteiger partial charge in [-0.3, -0.25) is 4.90 Å². The molecular weight excluding hydrogens is 224 g/mol. The predicted octanol–water partition coefficient (Wildman–Crippen LogP) is 1.63. The Balaban J connectivity index is 1.81. The molecule has 4 heteroatoms. The number of aromatic nitrogens is 2. The lowest BCUT2D eigenvalue weighted by Crippen LogP contribution is -2.41. The lowest BCUT2D eigenvalue weighted by Gasteiger charge is -2.24. The second kappa shape index (κ2) is 6.34. The average molecular weight is 250 g/mol. The van der Waals surface area contributed by atoms with E-state index in [1.165, 1.54) is 19.3 Å². The summed E-state index contributed by atoms with van der Waals surface area (Å²) in [5.74, 6) is 2.04. The molecule has 1 unspecified atom stereocenters. The van der Waals surface area contributed by atoms with Crippen molar-refractivity contribution in [3.8, 4) is 0 Å². The highest BCUT2D eigenvalue weighted by molar-refractivity contribution is 4.92. The molecule has 1 heterocycles. The number of hydrogen-bond acceptors (Lipinski definition) is 3. The molecule has 4 nitrogen and oxygen atoms in total. The number of nitrogens with zero attached hydrogens (tertiary/aromatic N) is 3. The number of imidazole rings is 1. The van der Waals surface area contributed by atoms with Crippen molar-refractivity contribution in [3.05, 3.63) is 18.2 Å². The van der Waals surface area contributed by atoms with Crippen molar-refractivity contribution in [1.82, 2.24) is 19.8 Å². The molecule has 0 aliphatic heterocycles. The molecule has 1 aliphatic carbocycles. The van der Waals surface area contributed by atoms with Gasteiger partial charge in [0.15, 0.2) is 0 Å². The zero-order valence-electron chi connectivity index (χ0n) is 11.9. The topological polar surface area (TPSA) is 33.1 Å². The highest BCUT2D eigenvalue weighted by Crippen LogP contribution is 2.33. The molecule has 1 aromatic heterocycles. The molecule has 1 N–H and O–H groups in total. The van der Waals surface area contributed by atoms with E-state index in [0.717, 1.165) is 31.4 Å². The molecule has 1 atom stereocenters. The van der Waals surface area contributed by atoms with E-state index in [0.29, 0.717) is 6.04 Å². The first kappa shape index (κ1) is 13.6. The first-order valence-corrected chi connectivity index (χ1v) is 7.08. The fourth-order valence-corrected chi connectivity index (χ4v) is 2.40. The fraction of sp³-hybridized carbons (Fsp3) is 0.786. The van der Waals surface area contributed by atoms with Gasteiger partial charge in [0.05, 0.1) is 6.54 Å². The van der Waals surface area contributed by atoms with E-state index in [9.17, 15) is 0 Å². The fourth-order valence-electron chi connectivity index (χ4n) is 2.40. The summed E-state index contributed by atoms with van der Waals surface area (Å²) >= 11 is 0. The summed E-state index contributed by atoms with van der Waals surface area (Å²) in [5.41, 5.74) is 0. The van der Waals surface area contributed by atoms with Crippen molar-refractivity contribution >= 4 is 0 Å². The molecule has 0 aromatic carbocycles. The van der Waals surface area contributed by atoms with Gasteiger partial charge in [-0.15, -0.1) is 0 Å². The standard InChI is InChI=1S/C14H26N4/c1-4-7-15-13(12-5-6-12)10-17(2)11-14-16-8-9-18(14)3/h8-9,12-13,15H,4-7,10-11H2,1-3H3. The number of aryl methyl sites for hydroxylation is 1. The third-order valence-electron chi connectivity index (χ3n) is 3.69. The summed E-state index contributed by atoms with van der Waals surface area (Å²) in [4.78, 5) is 6.77. The normalized spacial score (nSPS) is 17.3. The maximum atomic E-state index is 4.39. The number of likely N-dealkylation sites (N-methyl/N-ethyl adjacent to an activating group) is 1. The Hall–Kier alpha value is -0.870. The van der Waals surface area contributed by atoms with Crippen molar-refractivity contribution in [3.63, 3.8) is 0 Å². The Bertz CT molecular complexity index is 356. The molecule has 0 amide bonds. The van der Waals surface area contributed by atoms with Gasteiger partial charge in [-0.05, 0) is 38.8 Å². The minimum atomic E-state index is 0.662. The maximum Gasteiger partial charge on any atom is 0.122 e. The Morgan fingerprint density at radius 2 is 2.33 bits per heavy atom. The Labute approximate surface area is 110 Å². The minimum absolute atomic E-state index is 0.662. The van der Waals surface area contributed by atoms with Crippen LogP contribution < -0.4 is 5.32 Å². The van der Waals surface area contributed by atoms with E-state index < -0.39 is 0 Å². The van der Waals surface area contributed by atoms with E-state index in [4.69, 9.17) is 0 Å². The van der Waals surface area contributed by atoms with E-state index >= 15 is 0 Å². The molecule has 0 bridgehead atoms. The lowest BCUT2D eigenvalue weighted by molar-refractivity contribution is 0.260. The van der Waals surface area contributed by atoms with Gasteiger partial charge in [0.1, 0.15) is 5.82 Å². The Morgan fingerprint density at radius 1 is 1.56 bits per heavy atom. The SMILES string of the molecule is CCCNC(CN(C)Cc1nccn1C)C1CC1. The van der Waals surface area contributed by atoms with Crippen LogP contribution in [0.2, 0.25) is 0 Å². The van der Waals surface area contributed by atoms with Crippen molar-refractivity contribution < 1.29 is 0 Å². The first-order valence-electron chi connectivity index (χ1n) is 7.08. The summed E-state index contributed by atoms with van der Waals surface area (Å²) in [5, 5.41) is 3.69. The first-order chi connectivity index (χ1) is 8.70. The predicted molar refractivity (Wildman–Crippen MR) is 74.3 cm³/mol. The van der Waals surface area contributed by atoms with Crippen molar-refractivity contribution in [2.75, 3.05) is 20.1 Å². The van der Waals surface area contributed by atoms with Crippen LogP contribution in [0.3, 0.4) is 0 Å². The summed E-state index contributed by atoms with van der Waals surface area (Å²) in [6.45, 7) is 5.42. The van der Waals surface area contributed by atoms with Crippen LogP contribution in [0.15, 0.2) is 12.4 Å². The van der Waals surface area contributed by atoms with Gasteiger partial charge in [0, 0.05) is 32.0 Å². The summed E-state index contributed by atoms with van der Waals surface area (Å²) in [6, 6.07) is 0.662. The molecule has 1 fully saturated rings. The van der Waals surface area contributed by atoms with Gasteiger partial charge >= 0.3 is 0 Å². The van der Waals surface area contributed by atoms with E-state index in [1.54, 1.807) is 0 Å². The zero-order chi connectivity index (χ0) is 13.0. The molecule has 102 valence electrons. The molecule has 1 aromatic rings. The second-order valence-corrected chi connectivity index (χ2v) is 5.55. The van der Waals surface area contributed by atoms with Crippen LogP contribution in [0.4, 0.5) is 0 Å². The van der Waals surface area contributed by atoms with Crippen molar-refractivity contribution in [2.24, 2.45) is 13.0 Å². The molecule has 2 rings (SSSR count). The van der Waals surface area contributed by atoms with Gasteiger partial charge in [0.25, 0.3) is 0 Å². The highest BCUT2D eigenvalue weighted by atomic mass is 15.2. The number of nitrogens with one attached hydrogen (secondary N) is 1. The molecular formula is C14H26N4. The van der Waals surface area contributed by atoms with Crippen molar-refractivity contribution in [2.45, 2.75) is 38.8 Å². The monoisotopic (exact) mass is 250 g/mol. The van der Waals surface area contributed by atoms with Gasteiger partial charge in [-0.2, -0.15) is 0 Å². The van der Waals surface area contributed by atoms with Gasteiger partial charge in [0.2, 0.25) is 0 Å². The van der Waals surface area contributed by atoms with Crippen LogP contribution in [0, 0.1) is 5.92 Å². The maximum absolute atomic E-state index is 4.39. The molecule has 0 saturated heterocycles. The summed E-state index contributed by atoms with van der Waals surface area (Å²) < 4.78 is 2.10. The number of hydrogen-bond donors (Lipinski definition) is 1. The van der Waals surface area contributed by atoms with Crippen LogP contribution >= 0.6 is 0 Å². The van der Waals surface area contributed by atoms with Gasteiger partial charge < -0.3 is 9.88 Å². The van der Waals surface area contributed by atoms with Crippen LogP contribution in [0.25, 0.3) is 0 Å². The lowest BCUT2D eigenvalue weighted by atomic mass is 10.1. The second-order valence-electron chi connectivity index (χ2n) is 5.55. The summed E-state index contributed by atoms with van der Waals surface area (Å²) in [7, 11) is 4.25. The third kappa shape index (κ3) is 3.82. The van der Waals surface area contributed by atoms with E-state index in [-0.39, 0.29) is 0 Å². The average Bonchev–Trinajstić information content (AvgIpc) is 3.11. The van der Waals surface area contributed by atoms with Crippen LogP contribution in [0.1, 0.15) is 32.0 Å². The molecule has 0 radical (unpaired) electrons. The van der Waals surface area contributed by atoms with Gasteiger partial charge in [-0.25, -0.2) is 4.98 Å². The van der Waals surface area contributed by atoms with Crippen LogP contribution in [-0.2, 0) is 13.6 Å². The van der Waals surface area contributed by atoms with E-state index in [1.807, 2.05) is 12.4 Å². The Kier molecular flexibility index (Phi) is 4.78. The quantitative estimate of drug-likeness (QED) is 0.761. The van der Waals surface area contributed by atoms with Gasteiger partial charge in [-0.1, -0.05) is 6.92 Å². The molecule has 1 aliphatic rings. The minimum Gasteiger partial charge on any atom is -0.337 e. The van der Waals surface area contributed by atoms with E-state index in [2.05, 4.69) is 40.8 Å². The van der Waals surface area contributed by atoms with Crippen molar-refractivity contribution in [1.29, 1.82) is 0 Å². The smallest absolute Gasteiger partial charge is 0.122 e. The third-order valence-corrected chi connectivity index (χ3v) is 3.69. The molecule has 1 saturated carbocycles. The zero-order valence-corrected chi connectivity index (χ0v) is 11.9. The van der Waals surface area contributed by atoms with Crippen LogP contribution in [0.5, 0.6) is 0 Å². The Morgan fingerprint density at radius 3 is 2.89 bits per heavy atom. The van der Waals surface area contributed by atoms with Crippen LogP contribution in [-0.4, -0.2) is 40.6 Å². The highest BCUT2D eigenvalue weighted by Gasteiger charge is 2.31. The summed E-state index contributed by atoms with van der Waals surface area (Å²) in [6.07, 6.45) is 7.90. The molecule has 18 heavy (non-hydrogen) atoms.